The molecule has 0 bridgehead atoms. The van der Waals surface area contributed by atoms with Crippen LogP contribution in [0.5, 0.6) is 0 Å². The lowest BCUT2D eigenvalue weighted by Crippen LogP contribution is -2.56. The molecule has 2 saturated heterocycles. The molecule has 2 heterocycles. The summed E-state index contributed by atoms with van der Waals surface area (Å²) in [7, 11) is 0. The normalized spacial score (nSPS) is 23.3. The maximum Gasteiger partial charge on any atom is 0.317 e. The van der Waals surface area contributed by atoms with Crippen molar-refractivity contribution in [3.63, 3.8) is 0 Å². The van der Waals surface area contributed by atoms with E-state index >= 15 is 0 Å². The van der Waals surface area contributed by atoms with Crippen molar-refractivity contribution >= 4 is 23.7 Å². The minimum absolute atomic E-state index is 0.0217. The summed E-state index contributed by atoms with van der Waals surface area (Å²) in [6.07, 6.45) is 0. The summed E-state index contributed by atoms with van der Waals surface area (Å²) >= 11 is 1.76. The Hall–Kier alpha value is -0.950. The quantitative estimate of drug-likeness (QED) is 0.781. The molecule has 21 heavy (non-hydrogen) atoms. The maximum absolute atomic E-state index is 12.3. The first-order chi connectivity index (χ1) is 9.87. The highest BCUT2D eigenvalue weighted by atomic mass is 32.2. The lowest BCUT2D eigenvalue weighted by atomic mass is 9.97. The fourth-order valence-corrected chi connectivity index (χ4v) is 3.29. The Kier molecular flexibility index (Phi) is 5.37. The van der Waals surface area contributed by atoms with Crippen LogP contribution in [0.2, 0.25) is 0 Å². The van der Waals surface area contributed by atoms with E-state index in [-0.39, 0.29) is 23.4 Å². The standard InChI is InChI=1S/C14H26N4O2S/c1-14(2,3)9-15-13(20)18-6-4-17(5-7-18)12(19)11-8-21-10-16-11/h11,16H,4-10H2,1-3H3,(H,15,20). The summed E-state index contributed by atoms with van der Waals surface area (Å²) in [6, 6.07) is -0.0668. The van der Waals surface area contributed by atoms with Crippen LogP contribution in [-0.2, 0) is 4.79 Å². The number of amides is 3. The van der Waals surface area contributed by atoms with Gasteiger partial charge in [-0.3, -0.25) is 10.1 Å². The van der Waals surface area contributed by atoms with Crippen molar-refractivity contribution in [1.82, 2.24) is 20.4 Å². The second kappa shape index (κ2) is 6.87. The van der Waals surface area contributed by atoms with Gasteiger partial charge in [0.15, 0.2) is 0 Å². The summed E-state index contributed by atoms with van der Waals surface area (Å²) in [6.45, 7) is 9.43. The number of nitrogens with zero attached hydrogens (tertiary/aromatic N) is 2. The molecule has 2 fully saturated rings. The summed E-state index contributed by atoms with van der Waals surface area (Å²) in [4.78, 5) is 28.0. The zero-order valence-corrected chi connectivity index (χ0v) is 14.0. The van der Waals surface area contributed by atoms with Gasteiger partial charge >= 0.3 is 6.03 Å². The Morgan fingerprint density at radius 3 is 2.33 bits per heavy atom. The average Bonchev–Trinajstić information content (AvgIpc) is 2.97. The van der Waals surface area contributed by atoms with Gasteiger partial charge < -0.3 is 15.1 Å². The van der Waals surface area contributed by atoms with Crippen LogP contribution >= 0.6 is 11.8 Å². The van der Waals surface area contributed by atoms with Crippen LogP contribution < -0.4 is 10.6 Å². The first-order valence-corrected chi connectivity index (χ1v) is 8.65. The van der Waals surface area contributed by atoms with E-state index in [0.29, 0.717) is 32.7 Å². The minimum atomic E-state index is -0.0451. The van der Waals surface area contributed by atoms with Crippen LogP contribution in [0.3, 0.4) is 0 Å². The van der Waals surface area contributed by atoms with Gasteiger partial charge in [-0.2, -0.15) is 0 Å². The molecule has 0 aromatic carbocycles. The fraction of sp³-hybridized carbons (Fsp3) is 0.857. The number of carbonyl (C=O) groups excluding carboxylic acids is 2. The van der Waals surface area contributed by atoms with Gasteiger partial charge in [-0.05, 0) is 5.41 Å². The molecule has 1 atom stereocenters. The molecule has 0 aromatic heterocycles. The molecular formula is C14H26N4O2S. The van der Waals surface area contributed by atoms with Crippen molar-refractivity contribution in [3.05, 3.63) is 0 Å². The first-order valence-electron chi connectivity index (χ1n) is 7.49. The van der Waals surface area contributed by atoms with Crippen LogP contribution in [0.25, 0.3) is 0 Å². The molecule has 6 nitrogen and oxygen atoms in total. The van der Waals surface area contributed by atoms with E-state index in [0.717, 1.165) is 11.6 Å². The number of urea groups is 1. The third-order valence-corrected chi connectivity index (χ3v) is 4.60. The molecular weight excluding hydrogens is 288 g/mol. The molecule has 3 amide bonds. The van der Waals surface area contributed by atoms with Crippen molar-refractivity contribution in [1.29, 1.82) is 0 Å². The Balaban J connectivity index is 1.74. The van der Waals surface area contributed by atoms with Crippen LogP contribution in [-0.4, -0.2) is 72.1 Å². The monoisotopic (exact) mass is 314 g/mol. The molecule has 0 radical (unpaired) electrons. The molecule has 120 valence electrons. The van der Waals surface area contributed by atoms with Gasteiger partial charge in [0.25, 0.3) is 0 Å². The van der Waals surface area contributed by atoms with E-state index in [2.05, 4.69) is 31.4 Å². The van der Waals surface area contributed by atoms with Crippen LogP contribution in [0.15, 0.2) is 0 Å². The number of thioether (sulfide) groups is 1. The van der Waals surface area contributed by atoms with Gasteiger partial charge in [0, 0.05) is 44.4 Å². The Morgan fingerprint density at radius 2 is 1.81 bits per heavy atom. The Labute approximate surface area is 131 Å². The van der Waals surface area contributed by atoms with E-state index in [9.17, 15) is 9.59 Å². The van der Waals surface area contributed by atoms with Crippen molar-refractivity contribution in [2.45, 2.75) is 26.8 Å². The van der Waals surface area contributed by atoms with Crippen LogP contribution in [0, 0.1) is 5.41 Å². The number of hydrogen-bond acceptors (Lipinski definition) is 4. The largest absolute Gasteiger partial charge is 0.338 e. The summed E-state index contributed by atoms with van der Waals surface area (Å²) in [5.74, 6) is 1.88. The second-order valence-corrected chi connectivity index (χ2v) is 7.83. The number of piperazine rings is 1. The average molecular weight is 314 g/mol. The molecule has 0 saturated carbocycles. The van der Waals surface area contributed by atoms with Gasteiger partial charge in [-0.15, -0.1) is 11.8 Å². The molecule has 0 spiro atoms. The molecule has 7 heteroatoms. The van der Waals surface area contributed by atoms with E-state index < -0.39 is 0 Å². The lowest BCUT2D eigenvalue weighted by Gasteiger charge is -2.36. The molecule has 2 aliphatic heterocycles. The summed E-state index contributed by atoms with van der Waals surface area (Å²) in [5.41, 5.74) is 0.0826. The number of carbonyl (C=O) groups is 2. The molecule has 0 aromatic rings. The van der Waals surface area contributed by atoms with Gasteiger partial charge in [-0.25, -0.2) is 4.79 Å². The highest BCUT2D eigenvalue weighted by Crippen LogP contribution is 2.14. The van der Waals surface area contributed by atoms with E-state index in [4.69, 9.17) is 0 Å². The highest BCUT2D eigenvalue weighted by molar-refractivity contribution is 7.99. The fourth-order valence-electron chi connectivity index (χ4n) is 2.36. The van der Waals surface area contributed by atoms with Crippen molar-refractivity contribution in [3.8, 4) is 0 Å². The summed E-state index contributed by atoms with van der Waals surface area (Å²) in [5, 5.41) is 6.16. The van der Waals surface area contributed by atoms with E-state index in [1.54, 1.807) is 16.7 Å². The van der Waals surface area contributed by atoms with Crippen molar-refractivity contribution < 1.29 is 9.59 Å². The van der Waals surface area contributed by atoms with E-state index in [1.807, 2.05) is 4.90 Å². The van der Waals surface area contributed by atoms with Gasteiger partial charge in [0.05, 0.1) is 6.04 Å². The molecule has 2 aliphatic rings. The predicted molar refractivity (Wildman–Crippen MR) is 85.3 cm³/mol. The number of nitrogens with one attached hydrogen (secondary N) is 2. The van der Waals surface area contributed by atoms with Crippen LogP contribution in [0.4, 0.5) is 4.79 Å². The zero-order chi connectivity index (χ0) is 15.5. The molecule has 1 unspecified atom stereocenters. The lowest BCUT2D eigenvalue weighted by molar-refractivity contribution is -0.134. The second-order valence-electron chi connectivity index (χ2n) is 6.80. The minimum Gasteiger partial charge on any atom is -0.338 e. The van der Waals surface area contributed by atoms with Crippen LogP contribution in [0.1, 0.15) is 20.8 Å². The maximum atomic E-state index is 12.3. The third kappa shape index (κ3) is 4.78. The number of hydrogen-bond donors (Lipinski definition) is 2. The van der Waals surface area contributed by atoms with E-state index in [1.165, 1.54) is 0 Å². The SMILES string of the molecule is CC(C)(C)CNC(=O)N1CCN(C(=O)C2CSCN2)CC1. The Morgan fingerprint density at radius 1 is 1.19 bits per heavy atom. The molecule has 2 N–H and O–H groups in total. The van der Waals surface area contributed by atoms with Crippen molar-refractivity contribution in [2.75, 3.05) is 44.4 Å². The van der Waals surface area contributed by atoms with Gasteiger partial charge in [-0.1, -0.05) is 20.8 Å². The topological polar surface area (TPSA) is 64.7 Å². The smallest absolute Gasteiger partial charge is 0.317 e. The molecule has 0 aliphatic carbocycles. The highest BCUT2D eigenvalue weighted by Gasteiger charge is 2.30. The Bertz CT molecular complexity index is 383. The third-order valence-electron chi connectivity index (χ3n) is 3.66. The van der Waals surface area contributed by atoms with Gasteiger partial charge in [0.1, 0.15) is 0 Å². The number of rotatable bonds is 2. The molecule has 2 rings (SSSR count). The predicted octanol–water partition coefficient (Wildman–Crippen LogP) is 0.549. The first kappa shape index (κ1) is 16.4. The van der Waals surface area contributed by atoms with Gasteiger partial charge in [0.2, 0.25) is 5.91 Å². The zero-order valence-electron chi connectivity index (χ0n) is 13.1. The van der Waals surface area contributed by atoms with Crippen molar-refractivity contribution in [2.24, 2.45) is 5.41 Å². The summed E-state index contributed by atoms with van der Waals surface area (Å²) < 4.78 is 0.